The standard InChI is InChI=1S/C8H8O.C7H4ClFO/c1-7-3-2-4-8(5-7)6-9;8-6-2-1-5(4-10)3-7(6)9/h2-6H,1H3;1-4H. The van der Waals surface area contributed by atoms with Gasteiger partial charge in [0.05, 0.1) is 5.02 Å². The van der Waals surface area contributed by atoms with E-state index in [1.54, 1.807) is 6.07 Å². The van der Waals surface area contributed by atoms with Crippen LogP contribution < -0.4 is 0 Å². The first-order valence-corrected chi connectivity index (χ1v) is 5.86. The fraction of sp³-hybridized carbons (Fsp3) is 0.0667. The van der Waals surface area contributed by atoms with E-state index in [9.17, 15) is 14.0 Å². The molecular formula is C15H12ClFO2. The summed E-state index contributed by atoms with van der Waals surface area (Å²) in [6.07, 6.45) is 1.42. The molecule has 4 heteroatoms. The van der Waals surface area contributed by atoms with Gasteiger partial charge in [-0.2, -0.15) is 0 Å². The van der Waals surface area contributed by atoms with Crippen LogP contribution in [0.25, 0.3) is 0 Å². The van der Waals surface area contributed by atoms with E-state index in [4.69, 9.17) is 11.6 Å². The molecule has 0 spiro atoms. The number of benzene rings is 2. The zero-order valence-electron chi connectivity index (χ0n) is 10.3. The van der Waals surface area contributed by atoms with Gasteiger partial charge >= 0.3 is 0 Å². The van der Waals surface area contributed by atoms with Crippen molar-refractivity contribution >= 4 is 24.2 Å². The van der Waals surface area contributed by atoms with Gasteiger partial charge in [0.2, 0.25) is 0 Å². The number of aldehydes is 2. The van der Waals surface area contributed by atoms with Crippen molar-refractivity contribution in [2.24, 2.45) is 0 Å². The molecule has 98 valence electrons. The molecule has 2 aromatic carbocycles. The Morgan fingerprint density at radius 3 is 2.11 bits per heavy atom. The number of rotatable bonds is 2. The minimum Gasteiger partial charge on any atom is -0.298 e. The van der Waals surface area contributed by atoms with Crippen LogP contribution in [-0.4, -0.2) is 12.6 Å². The quantitative estimate of drug-likeness (QED) is 0.775. The van der Waals surface area contributed by atoms with E-state index in [-0.39, 0.29) is 5.02 Å². The van der Waals surface area contributed by atoms with Crippen molar-refractivity contribution in [3.05, 3.63) is 70.0 Å². The Kier molecular flexibility index (Phi) is 5.90. The van der Waals surface area contributed by atoms with E-state index in [0.717, 1.165) is 23.5 Å². The monoisotopic (exact) mass is 278 g/mol. The first kappa shape index (κ1) is 15.1. The Morgan fingerprint density at radius 2 is 1.63 bits per heavy atom. The van der Waals surface area contributed by atoms with Crippen LogP contribution in [0.15, 0.2) is 42.5 Å². The van der Waals surface area contributed by atoms with Gasteiger partial charge in [-0.1, -0.05) is 41.4 Å². The SMILES string of the molecule is Cc1cccc(C=O)c1.O=Cc1ccc(Cl)c(F)c1. The highest BCUT2D eigenvalue weighted by atomic mass is 35.5. The summed E-state index contributed by atoms with van der Waals surface area (Å²) in [5.74, 6) is -0.564. The molecule has 0 saturated carbocycles. The van der Waals surface area contributed by atoms with Crippen LogP contribution >= 0.6 is 11.6 Å². The molecule has 0 heterocycles. The Balaban J connectivity index is 0.000000191. The van der Waals surface area contributed by atoms with Crippen LogP contribution in [0.3, 0.4) is 0 Å². The van der Waals surface area contributed by atoms with Crippen molar-refractivity contribution in [2.75, 3.05) is 0 Å². The average Bonchev–Trinajstić information content (AvgIpc) is 2.42. The molecule has 19 heavy (non-hydrogen) atoms. The lowest BCUT2D eigenvalue weighted by atomic mass is 10.2. The van der Waals surface area contributed by atoms with E-state index in [2.05, 4.69) is 0 Å². The van der Waals surface area contributed by atoms with Crippen molar-refractivity contribution in [1.29, 1.82) is 0 Å². The Bertz CT molecular complexity index is 582. The largest absolute Gasteiger partial charge is 0.298 e. The fourth-order valence-corrected chi connectivity index (χ4v) is 1.45. The Hall–Kier alpha value is -2.00. The zero-order chi connectivity index (χ0) is 14.3. The summed E-state index contributed by atoms with van der Waals surface area (Å²) in [7, 11) is 0. The maximum absolute atomic E-state index is 12.5. The molecule has 0 N–H and O–H groups in total. The number of aryl methyl sites for hydroxylation is 1. The van der Waals surface area contributed by atoms with Crippen LogP contribution in [0.2, 0.25) is 5.02 Å². The van der Waals surface area contributed by atoms with E-state index >= 15 is 0 Å². The van der Waals surface area contributed by atoms with Crippen molar-refractivity contribution in [3.8, 4) is 0 Å². The third kappa shape index (κ3) is 5.02. The smallest absolute Gasteiger partial charge is 0.150 e. The molecule has 0 amide bonds. The topological polar surface area (TPSA) is 34.1 Å². The molecule has 0 radical (unpaired) electrons. The summed E-state index contributed by atoms with van der Waals surface area (Å²) < 4.78 is 12.5. The maximum Gasteiger partial charge on any atom is 0.150 e. The Morgan fingerprint density at radius 1 is 1.00 bits per heavy atom. The third-order valence-electron chi connectivity index (χ3n) is 2.26. The molecule has 0 aliphatic heterocycles. The maximum atomic E-state index is 12.5. The highest BCUT2D eigenvalue weighted by Gasteiger charge is 1.98. The molecule has 2 rings (SSSR count). The zero-order valence-corrected chi connectivity index (χ0v) is 11.0. The highest BCUT2D eigenvalue weighted by molar-refractivity contribution is 6.30. The summed E-state index contributed by atoms with van der Waals surface area (Å²) in [6, 6.07) is 11.4. The average molecular weight is 279 g/mol. The third-order valence-corrected chi connectivity index (χ3v) is 2.56. The van der Waals surface area contributed by atoms with Gasteiger partial charge in [0.15, 0.2) is 0 Å². The number of carbonyl (C=O) groups excluding carboxylic acids is 2. The lowest BCUT2D eigenvalue weighted by molar-refractivity contribution is 0.111. The van der Waals surface area contributed by atoms with Crippen LogP contribution in [0.1, 0.15) is 26.3 Å². The molecule has 2 nitrogen and oxygen atoms in total. The van der Waals surface area contributed by atoms with Gasteiger partial charge in [0, 0.05) is 11.1 Å². The molecule has 0 aliphatic carbocycles. The summed E-state index contributed by atoms with van der Waals surface area (Å²) in [5, 5.41) is 0.0330. The van der Waals surface area contributed by atoms with Crippen LogP contribution in [0, 0.1) is 12.7 Å². The fourth-order valence-electron chi connectivity index (χ4n) is 1.33. The predicted molar refractivity (Wildman–Crippen MR) is 73.4 cm³/mol. The number of hydrogen-bond acceptors (Lipinski definition) is 2. The van der Waals surface area contributed by atoms with E-state index < -0.39 is 5.82 Å². The van der Waals surface area contributed by atoms with E-state index in [0.29, 0.717) is 11.8 Å². The van der Waals surface area contributed by atoms with Gasteiger partial charge < -0.3 is 0 Å². The minimum atomic E-state index is -0.564. The summed E-state index contributed by atoms with van der Waals surface area (Å²) >= 11 is 5.35. The second-order valence-corrected chi connectivity index (χ2v) is 4.23. The molecule has 0 atom stereocenters. The number of carbonyl (C=O) groups is 2. The van der Waals surface area contributed by atoms with Gasteiger partial charge in [0.1, 0.15) is 18.4 Å². The second-order valence-electron chi connectivity index (χ2n) is 3.82. The molecule has 0 bridgehead atoms. The van der Waals surface area contributed by atoms with Crippen molar-refractivity contribution in [3.63, 3.8) is 0 Å². The predicted octanol–water partition coefficient (Wildman–Crippen LogP) is 4.10. The van der Waals surface area contributed by atoms with Crippen molar-refractivity contribution in [1.82, 2.24) is 0 Å². The first-order chi connectivity index (χ1) is 9.06. The summed E-state index contributed by atoms with van der Waals surface area (Å²) in [5.41, 5.74) is 2.16. The second kappa shape index (κ2) is 7.44. The van der Waals surface area contributed by atoms with Crippen LogP contribution in [0.5, 0.6) is 0 Å². The molecule has 0 unspecified atom stereocenters. The van der Waals surface area contributed by atoms with Gasteiger partial charge in [0.25, 0.3) is 0 Å². The molecule has 0 saturated heterocycles. The van der Waals surface area contributed by atoms with Gasteiger partial charge in [-0.25, -0.2) is 4.39 Å². The molecule has 2 aromatic rings. The molecular weight excluding hydrogens is 267 g/mol. The Labute approximate surface area is 115 Å². The highest BCUT2D eigenvalue weighted by Crippen LogP contribution is 2.14. The van der Waals surface area contributed by atoms with Crippen LogP contribution in [-0.2, 0) is 0 Å². The van der Waals surface area contributed by atoms with Crippen molar-refractivity contribution in [2.45, 2.75) is 6.92 Å². The molecule has 0 aromatic heterocycles. The van der Waals surface area contributed by atoms with E-state index in [1.807, 2.05) is 25.1 Å². The van der Waals surface area contributed by atoms with Gasteiger partial charge in [-0.15, -0.1) is 0 Å². The van der Waals surface area contributed by atoms with Gasteiger partial charge in [-0.05, 0) is 25.1 Å². The minimum absolute atomic E-state index is 0.0330. The molecule has 0 fully saturated rings. The normalized spacial score (nSPS) is 9.21. The van der Waals surface area contributed by atoms with Crippen molar-refractivity contribution < 1.29 is 14.0 Å². The lowest BCUT2D eigenvalue weighted by Gasteiger charge is -1.92. The number of hydrogen-bond donors (Lipinski definition) is 0. The number of halogens is 2. The summed E-state index contributed by atoms with van der Waals surface area (Å²) in [6.45, 7) is 1.97. The lowest BCUT2D eigenvalue weighted by Crippen LogP contribution is -1.81. The van der Waals surface area contributed by atoms with Crippen LogP contribution in [0.4, 0.5) is 4.39 Å². The molecule has 0 aliphatic rings. The first-order valence-electron chi connectivity index (χ1n) is 5.49. The van der Waals surface area contributed by atoms with Gasteiger partial charge in [-0.3, -0.25) is 9.59 Å². The van der Waals surface area contributed by atoms with E-state index in [1.165, 1.54) is 12.1 Å². The summed E-state index contributed by atoms with van der Waals surface area (Å²) in [4.78, 5) is 20.2.